The van der Waals surface area contributed by atoms with Crippen molar-refractivity contribution in [3.05, 3.63) is 53.8 Å². The molecule has 0 heterocycles. The molecule has 0 saturated carbocycles. The molecule has 0 radical (unpaired) electrons. The summed E-state index contributed by atoms with van der Waals surface area (Å²) in [6.45, 7) is 0. The van der Waals surface area contributed by atoms with Crippen molar-refractivity contribution in [2.75, 3.05) is 18.2 Å². The molecule has 0 unspecified atom stereocenters. The van der Waals surface area contributed by atoms with Gasteiger partial charge in [-0.1, -0.05) is 6.07 Å². The number of ether oxygens (including phenoxy) is 1. The van der Waals surface area contributed by atoms with Gasteiger partial charge in [-0.2, -0.15) is 0 Å². The number of methoxy groups -OCH3 is 1. The van der Waals surface area contributed by atoms with Gasteiger partial charge in [-0.15, -0.1) is 0 Å². The van der Waals surface area contributed by atoms with E-state index in [1.165, 1.54) is 31.4 Å². The van der Waals surface area contributed by atoms with E-state index in [1.807, 2.05) is 0 Å². The van der Waals surface area contributed by atoms with Gasteiger partial charge in [0.05, 0.1) is 12.7 Å². The number of carbonyl (C=O) groups is 1. The number of hydrogen-bond acceptors (Lipinski definition) is 3. The van der Waals surface area contributed by atoms with Crippen LogP contribution in [-0.4, -0.2) is 13.0 Å². The maximum absolute atomic E-state index is 13.0. The van der Waals surface area contributed by atoms with E-state index >= 15 is 0 Å². The SMILES string of the molecule is COc1ccc(N)cc1C(=O)Nc1cccc(F)c1. The maximum atomic E-state index is 13.0. The number of benzene rings is 2. The Morgan fingerprint density at radius 3 is 2.74 bits per heavy atom. The van der Waals surface area contributed by atoms with E-state index in [2.05, 4.69) is 5.32 Å². The highest BCUT2D eigenvalue weighted by Crippen LogP contribution is 2.22. The zero-order valence-electron chi connectivity index (χ0n) is 10.3. The number of nitrogens with one attached hydrogen (secondary N) is 1. The van der Waals surface area contributed by atoms with Crippen LogP contribution in [-0.2, 0) is 0 Å². The molecule has 0 bridgehead atoms. The summed E-state index contributed by atoms with van der Waals surface area (Å²) in [5.41, 5.74) is 6.76. The minimum absolute atomic E-state index is 0.298. The van der Waals surface area contributed by atoms with Crippen molar-refractivity contribution in [3.8, 4) is 5.75 Å². The van der Waals surface area contributed by atoms with Crippen LogP contribution in [0.5, 0.6) is 5.75 Å². The number of anilines is 2. The number of rotatable bonds is 3. The zero-order valence-corrected chi connectivity index (χ0v) is 10.3. The van der Waals surface area contributed by atoms with Gasteiger partial charge in [-0.3, -0.25) is 4.79 Å². The normalized spacial score (nSPS) is 10.0. The third-order valence-corrected chi connectivity index (χ3v) is 2.55. The van der Waals surface area contributed by atoms with Crippen LogP contribution in [0.2, 0.25) is 0 Å². The summed E-state index contributed by atoms with van der Waals surface area (Å²) >= 11 is 0. The Hall–Kier alpha value is -2.56. The first-order valence-corrected chi connectivity index (χ1v) is 5.60. The lowest BCUT2D eigenvalue weighted by Gasteiger charge is -2.10. The van der Waals surface area contributed by atoms with Crippen molar-refractivity contribution in [2.24, 2.45) is 0 Å². The van der Waals surface area contributed by atoms with Crippen molar-refractivity contribution in [1.82, 2.24) is 0 Å². The summed E-state index contributed by atoms with van der Waals surface area (Å²) in [4.78, 5) is 12.1. The fourth-order valence-electron chi connectivity index (χ4n) is 1.67. The van der Waals surface area contributed by atoms with Crippen LogP contribution in [0.3, 0.4) is 0 Å². The molecular weight excluding hydrogens is 247 g/mol. The first kappa shape index (κ1) is 12.9. The van der Waals surface area contributed by atoms with Crippen LogP contribution < -0.4 is 15.8 Å². The van der Waals surface area contributed by atoms with Crippen molar-refractivity contribution < 1.29 is 13.9 Å². The number of nitrogen functional groups attached to an aromatic ring is 1. The predicted octanol–water partition coefficient (Wildman–Crippen LogP) is 2.67. The first-order chi connectivity index (χ1) is 9.10. The van der Waals surface area contributed by atoms with Gasteiger partial charge in [0, 0.05) is 11.4 Å². The summed E-state index contributed by atoms with van der Waals surface area (Å²) in [5, 5.41) is 2.59. The van der Waals surface area contributed by atoms with E-state index in [0.29, 0.717) is 22.7 Å². The van der Waals surface area contributed by atoms with E-state index in [-0.39, 0.29) is 0 Å². The molecule has 0 saturated heterocycles. The number of amides is 1. The molecule has 0 aliphatic heterocycles. The molecular formula is C14H13FN2O2. The Bertz CT molecular complexity index is 614. The molecule has 2 aromatic rings. The highest BCUT2D eigenvalue weighted by Gasteiger charge is 2.13. The Morgan fingerprint density at radius 1 is 1.26 bits per heavy atom. The number of halogens is 1. The third kappa shape index (κ3) is 3.01. The lowest BCUT2D eigenvalue weighted by Crippen LogP contribution is -2.13. The summed E-state index contributed by atoms with van der Waals surface area (Å²) in [6, 6.07) is 10.4. The molecule has 2 aromatic carbocycles. The molecule has 0 aromatic heterocycles. The molecule has 0 spiro atoms. The third-order valence-electron chi connectivity index (χ3n) is 2.55. The van der Waals surface area contributed by atoms with Crippen LogP contribution in [0.25, 0.3) is 0 Å². The van der Waals surface area contributed by atoms with Gasteiger partial charge < -0.3 is 15.8 Å². The Balaban J connectivity index is 2.27. The van der Waals surface area contributed by atoms with Gasteiger partial charge in [-0.25, -0.2) is 4.39 Å². The highest BCUT2D eigenvalue weighted by atomic mass is 19.1. The van der Waals surface area contributed by atoms with E-state index < -0.39 is 11.7 Å². The number of nitrogens with two attached hydrogens (primary N) is 1. The van der Waals surface area contributed by atoms with Crippen LogP contribution in [0.1, 0.15) is 10.4 Å². The van der Waals surface area contributed by atoms with Crippen molar-refractivity contribution >= 4 is 17.3 Å². The van der Waals surface area contributed by atoms with Crippen LogP contribution in [0, 0.1) is 5.82 Å². The van der Waals surface area contributed by atoms with Gasteiger partial charge in [0.25, 0.3) is 5.91 Å². The molecule has 4 nitrogen and oxygen atoms in total. The number of carbonyl (C=O) groups excluding carboxylic acids is 1. The van der Waals surface area contributed by atoms with E-state index in [9.17, 15) is 9.18 Å². The Labute approximate surface area is 110 Å². The van der Waals surface area contributed by atoms with Gasteiger partial charge >= 0.3 is 0 Å². The fourth-order valence-corrected chi connectivity index (χ4v) is 1.67. The molecule has 19 heavy (non-hydrogen) atoms. The Morgan fingerprint density at radius 2 is 2.05 bits per heavy atom. The zero-order chi connectivity index (χ0) is 13.8. The van der Waals surface area contributed by atoms with Gasteiger partial charge in [0.2, 0.25) is 0 Å². The largest absolute Gasteiger partial charge is 0.496 e. The monoisotopic (exact) mass is 260 g/mol. The molecule has 5 heteroatoms. The van der Waals surface area contributed by atoms with Crippen molar-refractivity contribution in [3.63, 3.8) is 0 Å². The maximum Gasteiger partial charge on any atom is 0.259 e. The smallest absolute Gasteiger partial charge is 0.259 e. The summed E-state index contributed by atoms with van der Waals surface area (Å²) < 4.78 is 18.1. The molecule has 98 valence electrons. The second-order valence-electron chi connectivity index (χ2n) is 3.92. The van der Waals surface area contributed by atoms with E-state index in [4.69, 9.17) is 10.5 Å². The van der Waals surface area contributed by atoms with Crippen LogP contribution in [0.4, 0.5) is 15.8 Å². The topological polar surface area (TPSA) is 64.3 Å². The lowest BCUT2D eigenvalue weighted by molar-refractivity contribution is 0.102. The average Bonchev–Trinajstić information content (AvgIpc) is 2.38. The minimum atomic E-state index is -0.419. The fraction of sp³-hybridized carbons (Fsp3) is 0.0714. The van der Waals surface area contributed by atoms with E-state index in [1.54, 1.807) is 18.2 Å². The number of hydrogen-bond donors (Lipinski definition) is 2. The quantitative estimate of drug-likeness (QED) is 0.834. The molecule has 0 atom stereocenters. The van der Waals surface area contributed by atoms with E-state index in [0.717, 1.165) is 0 Å². The van der Waals surface area contributed by atoms with Crippen LogP contribution >= 0.6 is 0 Å². The first-order valence-electron chi connectivity index (χ1n) is 5.60. The molecule has 1 amide bonds. The summed E-state index contributed by atoms with van der Waals surface area (Å²) in [6.07, 6.45) is 0. The highest BCUT2D eigenvalue weighted by molar-refractivity contribution is 6.06. The lowest BCUT2D eigenvalue weighted by atomic mass is 10.1. The second kappa shape index (κ2) is 5.39. The average molecular weight is 260 g/mol. The molecule has 2 rings (SSSR count). The van der Waals surface area contributed by atoms with Gasteiger partial charge in [-0.05, 0) is 36.4 Å². The molecule has 0 fully saturated rings. The Kier molecular flexibility index (Phi) is 3.66. The summed E-state index contributed by atoms with van der Waals surface area (Å²) in [7, 11) is 1.46. The van der Waals surface area contributed by atoms with Gasteiger partial charge in [0.15, 0.2) is 0 Å². The second-order valence-corrected chi connectivity index (χ2v) is 3.92. The van der Waals surface area contributed by atoms with Gasteiger partial charge in [0.1, 0.15) is 11.6 Å². The molecule has 0 aliphatic carbocycles. The standard InChI is InChI=1S/C14H13FN2O2/c1-19-13-6-5-10(16)8-12(13)14(18)17-11-4-2-3-9(15)7-11/h2-8H,16H2,1H3,(H,17,18). The molecule has 0 aliphatic rings. The summed E-state index contributed by atoms with van der Waals surface area (Å²) in [5.74, 6) is -0.421. The van der Waals surface area contributed by atoms with Crippen molar-refractivity contribution in [2.45, 2.75) is 0 Å². The van der Waals surface area contributed by atoms with Crippen LogP contribution in [0.15, 0.2) is 42.5 Å². The predicted molar refractivity (Wildman–Crippen MR) is 71.8 cm³/mol. The van der Waals surface area contributed by atoms with Crippen molar-refractivity contribution in [1.29, 1.82) is 0 Å². The molecule has 3 N–H and O–H groups in total. The minimum Gasteiger partial charge on any atom is -0.496 e.